The fourth-order valence-corrected chi connectivity index (χ4v) is 4.57. The minimum Gasteiger partial charge on any atom is -0.390 e. The zero-order valence-electron chi connectivity index (χ0n) is 12.3. The van der Waals surface area contributed by atoms with Crippen LogP contribution in [0.4, 0.5) is 0 Å². The van der Waals surface area contributed by atoms with Crippen LogP contribution < -0.4 is 0 Å². The van der Waals surface area contributed by atoms with E-state index in [2.05, 4.69) is 20.8 Å². The topological polar surface area (TPSA) is 58.9 Å². The van der Waals surface area contributed by atoms with Crippen molar-refractivity contribution >= 4 is 0 Å². The van der Waals surface area contributed by atoms with Gasteiger partial charge in [-0.15, -0.1) is 0 Å². The SMILES string of the molecule is CC(C)[C@H]1C[C@@H](O)[C@](C)(O)[C@@H]2[C@H]3C[C@](C)(OO3)[C@H]2C1. The fraction of sp³-hybridized carbons (Fsp3) is 1.00. The molecule has 0 amide bonds. The van der Waals surface area contributed by atoms with Crippen LogP contribution in [0.2, 0.25) is 0 Å². The summed E-state index contributed by atoms with van der Waals surface area (Å²) in [5.41, 5.74) is -1.38. The van der Waals surface area contributed by atoms with E-state index in [0.29, 0.717) is 18.3 Å². The third kappa shape index (κ3) is 1.88. The van der Waals surface area contributed by atoms with Crippen molar-refractivity contribution in [3.05, 3.63) is 0 Å². The van der Waals surface area contributed by atoms with Crippen molar-refractivity contribution in [3.63, 3.8) is 0 Å². The normalized spacial score (nSPS) is 57.3. The standard InChI is InChI=1S/C15H26O4/c1-8(2)9-5-10-13(15(4,17)12(16)6-9)11-7-14(10,3)19-18-11/h8-13,16-17H,5-7H2,1-4H3/t9-,10+,11-,12-,13+,14+,15+/m1/s1. The monoisotopic (exact) mass is 270 g/mol. The van der Waals surface area contributed by atoms with Crippen molar-refractivity contribution in [2.45, 2.75) is 70.4 Å². The van der Waals surface area contributed by atoms with Gasteiger partial charge in [-0.2, -0.15) is 0 Å². The summed E-state index contributed by atoms with van der Waals surface area (Å²) in [6, 6.07) is 0. The number of hydrogen-bond acceptors (Lipinski definition) is 4. The van der Waals surface area contributed by atoms with Crippen LogP contribution in [0.1, 0.15) is 47.0 Å². The van der Waals surface area contributed by atoms with Crippen molar-refractivity contribution in [2.24, 2.45) is 23.7 Å². The van der Waals surface area contributed by atoms with E-state index < -0.39 is 11.7 Å². The van der Waals surface area contributed by atoms with Crippen LogP contribution in [-0.2, 0) is 9.78 Å². The van der Waals surface area contributed by atoms with Crippen LogP contribution in [0.15, 0.2) is 0 Å². The molecule has 0 unspecified atom stereocenters. The van der Waals surface area contributed by atoms with E-state index in [9.17, 15) is 10.2 Å². The third-order valence-electron chi connectivity index (χ3n) is 5.96. The molecule has 2 bridgehead atoms. The molecular weight excluding hydrogens is 244 g/mol. The molecule has 3 rings (SSSR count). The Morgan fingerprint density at radius 1 is 1.21 bits per heavy atom. The zero-order chi connectivity index (χ0) is 14.0. The summed E-state index contributed by atoms with van der Waals surface area (Å²) < 4.78 is 0. The maximum atomic E-state index is 10.8. The van der Waals surface area contributed by atoms with E-state index >= 15 is 0 Å². The highest BCUT2D eigenvalue weighted by atomic mass is 17.2. The third-order valence-corrected chi connectivity index (χ3v) is 5.96. The molecule has 2 saturated carbocycles. The number of fused-ring (bicyclic) bond motifs is 5. The fourth-order valence-electron chi connectivity index (χ4n) is 4.57. The molecule has 0 spiro atoms. The lowest BCUT2D eigenvalue weighted by molar-refractivity contribution is -0.382. The summed E-state index contributed by atoms with van der Waals surface area (Å²) in [7, 11) is 0. The van der Waals surface area contributed by atoms with E-state index in [1.807, 2.05) is 0 Å². The molecule has 4 heteroatoms. The van der Waals surface area contributed by atoms with Crippen LogP contribution in [0.25, 0.3) is 0 Å². The van der Waals surface area contributed by atoms with E-state index in [-0.39, 0.29) is 23.5 Å². The van der Waals surface area contributed by atoms with E-state index in [1.165, 1.54) is 0 Å². The minimum absolute atomic E-state index is 0.0231. The van der Waals surface area contributed by atoms with Crippen molar-refractivity contribution in [3.8, 4) is 0 Å². The Morgan fingerprint density at radius 3 is 2.53 bits per heavy atom. The van der Waals surface area contributed by atoms with E-state index in [1.54, 1.807) is 6.92 Å². The number of rotatable bonds is 1. The van der Waals surface area contributed by atoms with Crippen LogP contribution in [0.5, 0.6) is 0 Å². The summed E-state index contributed by atoms with van der Waals surface area (Å²) in [5.74, 6) is 1.18. The summed E-state index contributed by atoms with van der Waals surface area (Å²) in [4.78, 5) is 10.9. The highest BCUT2D eigenvalue weighted by Gasteiger charge is 2.66. The molecule has 1 heterocycles. The number of hydrogen-bond donors (Lipinski definition) is 2. The summed E-state index contributed by atoms with van der Waals surface area (Å²) in [5, 5.41) is 21.3. The first-order chi connectivity index (χ1) is 8.75. The van der Waals surface area contributed by atoms with E-state index in [4.69, 9.17) is 9.78 Å². The molecule has 3 fully saturated rings. The molecule has 0 radical (unpaired) electrons. The minimum atomic E-state index is -1.08. The Labute approximate surface area is 115 Å². The molecule has 0 aromatic heterocycles. The lowest BCUT2D eigenvalue weighted by atomic mass is 9.74. The van der Waals surface area contributed by atoms with Crippen molar-refractivity contribution in [1.82, 2.24) is 0 Å². The molecular formula is C15H26O4. The molecule has 2 N–H and O–H groups in total. The van der Waals surface area contributed by atoms with Crippen LogP contribution >= 0.6 is 0 Å². The molecule has 2 aliphatic carbocycles. The quantitative estimate of drug-likeness (QED) is 0.714. The van der Waals surface area contributed by atoms with Crippen molar-refractivity contribution in [2.75, 3.05) is 0 Å². The number of aliphatic hydroxyl groups is 2. The Hall–Kier alpha value is -0.160. The van der Waals surface area contributed by atoms with Crippen LogP contribution in [0, 0.1) is 23.7 Å². The predicted octanol–water partition coefficient (Wildman–Crippen LogP) is 1.89. The average Bonchev–Trinajstić information content (AvgIpc) is 2.77. The molecule has 0 aromatic carbocycles. The number of aliphatic hydroxyl groups excluding tert-OH is 1. The van der Waals surface area contributed by atoms with Gasteiger partial charge in [0.05, 0.1) is 11.7 Å². The van der Waals surface area contributed by atoms with Gasteiger partial charge < -0.3 is 10.2 Å². The Kier molecular flexibility index (Phi) is 3.03. The maximum Gasteiger partial charge on any atom is 0.107 e. The second-order valence-corrected chi connectivity index (χ2v) is 7.58. The molecule has 3 aliphatic rings. The first kappa shape index (κ1) is 13.8. The summed E-state index contributed by atoms with van der Waals surface area (Å²) >= 11 is 0. The van der Waals surface area contributed by atoms with Gasteiger partial charge in [0.2, 0.25) is 0 Å². The Morgan fingerprint density at radius 2 is 1.89 bits per heavy atom. The van der Waals surface area contributed by atoms with Gasteiger partial charge in [-0.3, -0.25) is 0 Å². The van der Waals surface area contributed by atoms with Crippen molar-refractivity contribution in [1.29, 1.82) is 0 Å². The molecule has 4 nitrogen and oxygen atoms in total. The Bertz CT molecular complexity index is 367. The first-order valence-corrected chi connectivity index (χ1v) is 7.50. The lowest BCUT2D eigenvalue weighted by Crippen LogP contribution is -2.53. The molecule has 7 atom stereocenters. The van der Waals surface area contributed by atoms with Gasteiger partial charge >= 0.3 is 0 Å². The highest BCUT2D eigenvalue weighted by Crippen LogP contribution is 2.58. The second kappa shape index (κ2) is 4.17. The van der Waals surface area contributed by atoms with Gasteiger partial charge in [-0.1, -0.05) is 13.8 Å². The summed E-state index contributed by atoms with van der Waals surface area (Å²) in [6.07, 6.45) is 1.74. The van der Waals surface area contributed by atoms with Gasteiger partial charge in [0, 0.05) is 12.3 Å². The van der Waals surface area contributed by atoms with E-state index in [0.717, 1.165) is 12.8 Å². The van der Waals surface area contributed by atoms with Crippen LogP contribution in [0.3, 0.4) is 0 Å². The average molecular weight is 270 g/mol. The molecule has 0 aromatic rings. The van der Waals surface area contributed by atoms with Gasteiger partial charge in [0.1, 0.15) is 11.7 Å². The summed E-state index contributed by atoms with van der Waals surface area (Å²) in [6.45, 7) is 8.24. The maximum absolute atomic E-state index is 10.8. The predicted molar refractivity (Wildman–Crippen MR) is 70.2 cm³/mol. The first-order valence-electron chi connectivity index (χ1n) is 7.50. The second-order valence-electron chi connectivity index (χ2n) is 7.58. The van der Waals surface area contributed by atoms with Crippen molar-refractivity contribution < 1.29 is 20.0 Å². The van der Waals surface area contributed by atoms with Gasteiger partial charge in [-0.05, 0) is 44.4 Å². The molecule has 1 saturated heterocycles. The molecule has 19 heavy (non-hydrogen) atoms. The molecule has 1 aliphatic heterocycles. The smallest absolute Gasteiger partial charge is 0.107 e. The molecule has 110 valence electrons. The Balaban J connectivity index is 1.97. The van der Waals surface area contributed by atoms with Gasteiger partial charge in [0.15, 0.2) is 0 Å². The van der Waals surface area contributed by atoms with Gasteiger partial charge in [-0.25, -0.2) is 9.78 Å². The largest absolute Gasteiger partial charge is 0.390 e. The lowest BCUT2D eigenvalue weighted by Gasteiger charge is -2.42. The van der Waals surface area contributed by atoms with Gasteiger partial charge in [0.25, 0.3) is 0 Å². The highest BCUT2D eigenvalue weighted by molar-refractivity contribution is 5.12. The zero-order valence-corrected chi connectivity index (χ0v) is 12.3. The van der Waals surface area contributed by atoms with Crippen LogP contribution in [-0.4, -0.2) is 33.6 Å².